The molecule has 4 heterocycles. The van der Waals surface area contributed by atoms with Crippen molar-refractivity contribution < 1.29 is 38.7 Å². The molecular weight excluding hydrogens is 584 g/mol. The minimum atomic E-state index is -1.63. The van der Waals surface area contributed by atoms with E-state index < -0.39 is 53.8 Å². The van der Waals surface area contributed by atoms with Crippen LogP contribution in [-0.2, 0) is 28.5 Å². The Hall–Kier alpha value is -1.78. The average molecular weight is 633 g/mol. The monoisotopic (exact) mass is 632 g/mol. The van der Waals surface area contributed by atoms with E-state index in [0.717, 1.165) is 12.0 Å². The molecule has 0 aromatic heterocycles. The number of rotatable bonds is 3. The Morgan fingerprint density at radius 2 is 1.95 bits per heavy atom. The van der Waals surface area contributed by atoms with Crippen LogP contribution in [0.1, 0.15) is 66.7 Å². The standard InChI is InChI=1S/C35H49ClO8/c1-19-9-8-10-25-18-41-32-30(40-7)21(3)14-28(35(25,32)39)33(38)42-27-15-26(12-11-20(2)13-19)43-34(16-27)17-29(37)23(5)31(44-34)22(4)24(6)36/h8-11,14,19,23-24,26-32,37,39H,4,12-13,15-18H2,1-3,5-7H3/b9-8+,20-11+,25-10+/t19-,23-,24?,26+,27-,28-,29-,30+,31+,32+,34-,35+/m0/s1. The Labute approximate surface area is 266 Å². The normalized spacial score (nSPS) is 46.9. The van der Waals surface area contributed by atoms with Crippen molar-refractivity contribution in [1.29, 1.82) is 0 Å². The fraction of sp³-hybridized carbons (Fsp3) is 0.686. The summed E-state index contributed by atoms with van der Waals surface area (Å²) in [6, 6.07) is 0. The van der Waals surface area contributed by atoms with Gasteiger partial charge in [0, 0.05) is 32.3 Å². The van der Waals surface area contributed by atoms with E-state index in [0.29, 0.717) is 24.0 Å². The van der Waals surface area contributed by atoms with Crippen LogP contribution in [0.25, 0.3) is 0 Å². The fourth-order valence-electron chi connectivity index (χ4n) is 7.65. The van der Waals surface area contributed by atoms with Crippen LogP contribution in [0.3, 0.4) is 0 Å². The van der Waals surface area contributed by atoms with E-state index in [-0.39, 0.29) is 42.8 Å². The van der Waals surface area contributed by atoms with Crippen molar-refractivity contribution in [2.75, 3.05) is 13.7 Å². The first-order chi connectivity index (χ1) is 20.8. The van der Waals surface area contributed by atoms with Gasteiger partial charge in [-0.3, -0.25) is 4.79 Å². The van der Waals surface area contributed by atoms with E-state index in [1.165, 1.54) is 5.57 Å². The second-order valence-electron chi connectivity index (χ2n) is 13.7. The number of carbonyl (C=O) groups excluding carboxylic acids is 1. The van der Waals surface area contributed by atoms with Crippen molar-refractivity contribution in [3.63, 3.8) is 0 Å². The van der Waals surface area contributed by atoms with Gasteiger partial charge in [-0.05, 0) is 56.3 Å². The van der Waals surface area contributed by atoms with Crippen molar-refractivity contribution in [1.82, 2.24) is 0 Å². The van der Waals surface area contributed by atoms with Crippen LogP contribution in [0.15, 0.2) is 59.3 Å². The maximum atomic E-state index is 14.1. The summed E-state index contributed by atoms with van der Waals surface area (Å²) >= 11 is 6.42. The van der Waals surface area contributed by atoms with E-state index in [4.69, 9.17) is 35.3 Å². The highest BCUT2D eigenvalue weighted by Crippen LogP contribution is 2.48. The summed E-state index contributed by atoms with van der Waals surface area (Å²) < 4.78 is 31.5. The van der Waals surface area contributed by atoms with Gasteiger partial charge in [-0.1, -0.05) is 56.4 Å². The first kappa shape index (κ1) is 33.6. The number of aliphatic hydroxyl groups excluding tert-OH is 1. The Morgan fingerprint density at radius 3 is 2.66 bits per heavy atom. The maximum absolute atomic E-state index is 14.1. The average Bonchev–Trinajstić information content (AvgIpc) is 3.29. The highest BCUT2D eigenvalue weighted by Gasteiger charge is 2.60. The molecule has 0 radical (unpaired) electrons. The lowest BCUT2D eigenvalue weighted by Gasteiger charge is -2.51. The summed E-state index contributed by atoms with van der Waals surface area (Å²) in [5.41, 5.74) is 1.68. The van der Waals surface area contributed by atoms with Crippen LogP contribution >= 0.6 is 11.6 Å². The lowest BCUT2D eigenvalue weighted by atomic mass is 9.70. The molecule has 0 amide bonds. The molecule has 8 nitrogen and oxygen atoms in total. The molecular formula is C35H49ClO8. The van der Waals surface area contributed by atoms with Gasteiger partial charge in [-0.2, -0.15) is 0 Å². The number of hydrogen-bond donors (Lipinski definition) is 2. The number of fused-ring (bicyclic) bond motifs is 2. The molecule has 1 unspecified atom stereocenters. The Balaban J connectivity index is 1.53. The second-order valence-corrected chi connectivity index (χ2v) is 14.3. The van der Waals surface area contributed by atoms with Crippen molar-refractivity contribution in [2.24, 2.45) is 17.8 Å². The molecule has 0 saturated carbocycles. The number of alkyl halides is 1. The van der Waals surface area contributed by atoms with Gasteiger partial charge >= 0.3 is 5.97 Å². The summed E-state index contributed by atoms with van der Waals surface area (Å²) in [5, 5.41) is 23.2. The summed E-state index contributed by atoms with van der Waals surface area (Å²) in [4.78, 5) is 14.1. The van der Waals surface area contributed by atoms with Crippen LogP contribution in [0.5, 0.6) is 0 Å². The van der Waals surface area contributed by atoms with Crippen LogP contribution < -0.4 is 0 Å². The molecule has 3 fully saturated rings. The lowest BCUT2D eigenvalue weighted by Crippen LogP contribution is -2.60. The zero-order valence-corrected chi connectivity index (χ0v) is 27.6. The SMILES string of the molecule is C=C(C(C)Cl)[C@H]1O[C@@]2(C[C@@H]3C[C@@H](C/C=C(\C)C[C@@H](C)/C=C/C=C4\CO[C@@H]5[C@H](OC)C(C)=C[C@@H](C(=O)O3)[C@]45O)O2)C[C@H](O)[C@@H]1C. The Kier molecular flexibility index (Phi) is 10.0. The third-order valence-corrected chi connectivity index (χ3v) is 10.4. The highest BCUT2D eigenvalue weighted by molar-refractivity contribution is 6.22. The summed E-state index contributed by atoms with van der Waals surface area (Å²) in [6.07, 6.45) is 8.84. The first-order valence-corrected chi connectivity index (χ1v) is 16.4. The number of esters is 1. The minimum Gasteiger partial charge on any atom is -0.462 e. The van der Waals surface area contributed by atoms with Crippen molar-refractivity contribution in [3.8, 4) is 0 Å². The van der Waals surface area contributed by atoms with E-state index in [9.17, 15) is 15.0 Å². The van der Waals surface area contributed by atoms with Gasteiger partial charge in [0.05, 0.1) is 30.3 Å². The molecule has 5 rings (SSSR count). The smallest absolute Gasteiger partial charge is 0.316 e. The molecule has 2 N–H and O–H groups in total. The maximum Gasteiger partial charge on any atom is 0.316 e. The third kappa shape index (κ3) is 6.41. The van der Waals surface area contributed by atoms with Crippen molar-refractivity contribution in [3.05, 3.63) is 59.3 Å². The third-order valence-electron chi connectivity index (χ3n) is 10.2. The van der Waals surface area contributed by atoms with E-state index in [1.807, 2.05) is 32.9 Å². The van der Waals surface area contributed by atoms with Gasteiger partial charge in [0.15, 0.2) is 5.79 Å². The molecule has 244 valence electrons. The largest absolute Gasteiger partial charge is 0.462 e. The molecule has 1 aliphatic carbocycles. The summed E-state index contributed by atoms with van der Waals surface area (Å²) in [7, 11) is 1.58. The number of methoxy groups -OCH3 is 1. The number of hydrogen-bond acceptors (Lipinski definition) is 8. The number of ether oxygens (including phenoxy) is 5. The molecule has 9 heteroatoms. The van der Waals surface area contributed by atoms with Gasteiger partial charge in [0.25, 0.3) is 0 Å². The summed E-state index contributed by atoms with van der Waals surface area (Å²) in [6.45, 7) is 14.2. The number of allylic oxidation sites excluding steroid dienone is 4. The number of carbonyl (C=O) groups is 1. The van der Waals surface area contributed by atoms with Gasteiger partial charge in [0.2, 0.25) is 0 Å². The molecule has 5 aliphatic rings. The van der Waals surface area contributed by atoms with Crippen molar-refractivity contribution >= 4 is 17.6 Å². The molecule has 1 spiro atoms. The summed E-state index contributed by atoms with van der Waals surface area (Å²) in [5.74, 6) is -2.71. The van der Waals surface area contributed by atoms with E-state index >= 15 is 0 Å². The second kappa shape index (κ2) is 13.1. The number of halogens is 1. The van der Waals surface area contributed by atoms with Gasteiger partial charge < -0.3 is 33.9 Å². The lowest BCUT2D eigenvalue weighted by molar-refractivity contribution is -0.343. The molecule has 2 bridgehead atoms. The van der Waals surface area contributed by atoms with Gasteiger partial charge in [0.1, 0.15) is 29.8 Å². The fourth-order valence-corrected chi connectivity index (χ4v) is 7.77. The van der Waals surface area contributed by atoms with Crippen LogP contribution in [0.4, 0.5) is 0 Å². The quantitative estimate of drug-likeness (QED) is 0.245. The Bertz CT molecular complexity index is 1240. The molecule has 3 saturated heterocycles. The highest BCUT2D eigenvalue weighted by atomic mass is 35.5. The van der Waals surface area contributed by atoms with Gasteiger partial charge in [-0.25, -0.2) is 0 Å². The van der Waals surface area contributed by atoms with Crippen molar-refractivity contribution in [2.45, 2.75) is 120 Å². The van der Waals surface area contributed by atoms with E-state index in [2.05, 4.69) is 32.6 Å². The zero-order chi connectivity index (χ0) is 32.0. The van der Waals surface area contributed by atoms with Crippen LogP contribution in [0, 0.1) is 17.8 Å². The predicted molar refractivity (Wildman–Crippen MR) is 168 cm³/mol. The molecule has 44 heavy (non-hydrogen) atoms. The van der Waals surface area contributed by atoms with E-state index in [1.54, 1.807) is 13.2 Å². The topological polar surface area (TPSA) is 104 Å². The molecule has 0 aromatic carbocycles. The Morgan fingerprint density at radius 1 is 1.20 bits per heavy atom. The first-order valence-electron chi connectivity index (χ1n) is 15.9. The molecule has 4 aliphatic heterocycles. The molecule has 0 aromatic rings. The van der Waals surface area contributed by atoms with Crippen LogP contribution in [0.2, 0.25) is 0 Å². The number of aliphatic hydroxyl groups is 2. The van der Waals surface area contributed by atoms with Crippen LogP contribution in [-0.4, -0.2) is 83.3 Å². The minimum absolute atomic E-state index is 0.181. The van der Waals surface area contributed by atoms with Gasteiger partial charge in [-0.15, -0.1) is 11.6 Å². The zero-order valence-electron chi connectivity index (χ0n) is 26.8. The predicted octanol–water partition coefficient (Wildman–Crippen LogP) is 5.32. The molecule has 12 atom stereocenters.